The molecule has 1 aliphatic rings. The summed E-state index contributed by atoms with van der Waals surface area (Å²) in [5.74, 6) is -1.09. The van der Waals surface area contributed by atoms with Gasteiger partial charge in [0, 0.05) is 34.9 Å². The van der Waals surface area contributed by atoms with Crippen molar-refractivity contribution in [2.45, 2.75) is 11.8 Å². The fraction of sp³-hybridized carbons (Fsp3) is 0.0714. The van der Waals surface area contributed by atoms with E-state index in [4.69, 9.17) is 0 Å². The molecule has 34 heavy (non-hydrogen) atoms. The van der Waals surface area contributed by atoms with Crippen molar-refractivity contribution in [3.63, 3.8) is 0 Å². The highest BCUT2D eigenvalue weighted by Crippen LogP contribution is 2.59. The molecule has 1 aliphatic carbocycles. The monoisotopic (exact) mass is 452 g/mol. The van der Waals surface area contributed by atoms with Crippen LogP contribution in [-0.4, -0.2) is 30.6 Å². The van der Waals surface area contributed by atoms with Gasteiger partial charge in [0.1, 0.15) is 34.5 Å². The SMILES string of the molecule is Oc1ccc(C2c3c(O)cc(O)c4c3c(cc3ccc(O)cc34)[C@@H]2c2cc(O)cc(O)c2)cc1. The lowest BCUT2D eigenvalue weighted by Crippen LogP contribution is -2.09. The van der Waals surface area contributed by atoms with Crippen molar-refractivity contribution in [2.75, 3.05) is 0 Å². The largest absolute Gasteiger partial charge is 0.508 e. The van der Waals surface area contributed by atoms with Crippen LogP contribution >= 0.6 is 0 Å². The summed E-state index contributed by atoms with van der Waals surface area (Å²) in [6.07, 6.45) is 0. The lowest BCUT2D eigenvalue weighted by atomic mass is 9.79. The van der Waals surface area contributed by atoms with Crippen LogP contribution in [0.4, 0.5) is 0 Å². The molecule has 0 amide bonds. The number of rotatable bonds is 2. The number of phenols is 6. The van der Waals surface area contributed by atoms with Crippen molar-refractivity contribution in [2.24, 2.45) is 0 Å². The van der Waals surface area contributed by atoms with E-state index in [0.717, 1.165) is 16.5 Å². The maximum Gasteiger partial charge on any atom is 0.127 e. The summed E-state index contributed by atoms with van der Waals surface area (Å²) in [6.45, 7) is 0. The Kier molecular flexibility index (Phi) is 4.10. The molecule has 6 heteroatoms. The van der Waals surface area contributed by atoms with Gasteiger partial charge in [-0.2, -0.15) is 0 Å². The number of hydrogen-bond donors (Lipinski definition) is 6. The summed E-state index contributed by atoms with van der Waals surface area (Å²) < 4.78 is 0. The maximum absolute atomic E-state index is 11.1. The van der Waals surface area contributed by atoms with Gasteiger partial charge in [-0.15, -0.1) is 0 Å². The zero-order valence-corrected chi connectivity index (χ0v) is 17.8. The van der Waals surface area contributed by atoms with Crippen LogP contribution < -0.4 is 0 Å². The Morgan fingerprint density at radius 1 is 0.471 bits per heavy atom. The van der Waals surface area contributed by atoms with Gasteiger partial charge in [0.25, 0.3) is 0 Å². The van der Waals surface area contributed by atoms with E-state index in [1.165, 1.54) is 12.1 Å². The molecule has 6 N–H and O–H groups in total. The third-order valence-electron chi connectivity index (χ3n) is 6.75. The van der Waals surface area contributed by atoms with E-state index in [1.54, 1.807) is 54.6 Å². The molecule has 0 heterocycles. The molecule has 0 bridgehead atoms. The fourth-order valence-electron chi connectivity index (χ4n) is 5.49. The Labute approximate surface area is 193 Å². The first-order valence-corrected chi connectivity index (χ1v) is 10.8. The molecule has 168 valence electrons. The summed E-state index contributed by atoms with van der Waals surface area (Å²) in [5, 5.41) is 65.0. The van der Waals surface area contributed by atoms with Crippen LogP contribution in [0.5, 0.6) is 34.5 Å². The average molecular weight is 452 g/mol. The highest BCUT2D eigenvalue weighted by atomic mass is 16.3. The predicted octanol–water partition coefficient (Wildman–Crippen LogP) is 5.50. The van der Waals surface area contributed by atoms with Crippen LogP contribution in [0.15, 0.2) is 72.8 Å². The van der Waals surface area contributed by atoms with Gasteiger partial charge in [-0.05, 0) is 75.3 Å². The van der Waals surface area contributed by atoms with Crippen molar-refractivity contribution in [1.29, 1.82) is 0 Å². The zero-order chi connectivity index (χ0) is 23.7. The molecule has 2 atom stereocenters. The molecule has 6 rings (SSSR count). The minimum absolute atomic E-state index is 0.0550. The first-order chi connectivity index (χ1) is 16.3. The second kappa shape index (κ2) is 6.96. The van der Waals surface area contributed by atoms with Crippen molar-refractivity contribution in [1.82, 2.24) is 0 Å². The molecule has 0 aromatic heterocycles. The van der Waals surface area contributed by atoms with Gasteiger partial charge in [0.05, 0.1) is 0 Å². The standard InChI is InChI=1S/C28H20O6/c29-16-4-1-13(2-5-16)25-24(15-7-18(31)10-19(32)8-15)21-9-14-3-6-17(30)11-20(14)26-22(33)12-23(34)28(25)27(21)26/h1-12,24-25,29-34H/t24-,25?/m0/s1. The van der Waals surface area contributed by atoms with E-state index in [2.05, 4.69) is 0 Å². The lowest BCUT2D eigenvalue weighted by Gasteiger charge is -2.24. The average Bonchev–Trinajstić information content (AvgIpc) is 3.12. The first-order valence-electron chi connectivity index (χ1n) is 10.8. The fourth-order valence-corrected chi connectivity index (χ4v) is 5.49. The second-order valence-electron chi connectivity index (χ2n) is 8.78. The van der Waals surface area contributed by atoms with Crippen LogP contribution in [0.25, 0.3) is 21.5 Å². The van der Waals surface area contributed by atoms with E-state index in [-0.39, 0.29) is 34.5 Å². The first kappa shape index (κ1) is 20.1. The molecule has 5 aromatic rings. The van der Waals surface area contributed by atoms with E-state index in [0.29, 0.717) is 27.3 Å². The van der Waals surface area contributed by atoms with Gasteiger partial charge in [-0.25, -0.2) is 0 Å². The van der Waals surface area contributed by atoms with E-state index in [1.807, 2.05) is 6.07 Å². The van der Waals surface area contributed by atoms with Crippen LogP contribution in [0, 0.1) is 0 Å². The quantitative estimate of drug-likeness (QED) is 0.197. The van der Waals surface area contributed by atoms with E-state index >= 15 is 0 Å². The van der Waals surface area contributed by atoms with Crippen molar-refractivity contribution in [3.05, 3.63) is 95.1 Å². The summed E-state index contributed by atoms with van der Waals surface area (Å²) in [7, 11) is 0. The Morgan fingerprint density at radius 3 is 1.85 bits per heavy atom. The zero-order valence-electron chi connectivity index (χ0n) is 17.8. The molecular weight excluding hydrogens is 432 g/mol. The van der Waals surface area contributed by atoms with Gasteiger partial charge < -0.3 is 30.6 Å². The molecule has 0 fully saturated rings. The van der Waals surface area contributed by atoms with E-state index in [9.17, 15) is 30.6 Å². The molecule has 0 spiro atoms. The second-order valence-corrected chi connectivity index (χ2v) is 8.78. The molecule has 0 saturated heterocycles. The Hall–Kier alpha value is -4.58. The van der Waals surface area contributed by atoms with Crippen molar-refractivity contribution < 1.29 is 30.6 Å². The molecule has 0 aliphatic heterocycles. The third kappa shape index (κ3) is 2.82. The Bertz CT molecular complexity index is 1600. The lowest BCUT2D eigenvalue weighted by molar-refractivity contribution is 0.446. The van der Waals surface area contributed by atoms with Crippen LogP contribution in [0.3, 0.4) is 0 Å². The van der Waals surface area contributed by atoms with Gasteiger partial charge in [0.15, 0.2) is 0 Å². The topological polar surface area (TPSA) is 121 Å². The number of benzene rings is 5. The molecule has 5 aromatic carbocycles. The third-order valence-corrected chi connectivity index (χ3v) is 6.75. The van der Waals surface area contributed by atoms with Gasteiger partial charge in [-0.3, -0.25) is 0 Å². The number of fused-ring (bicyclic) bond motifs is 2. The minimum atomic E-state index is -0.440. The van der Waals surface area contributed by atoms with E-state index < -0.39 is 11.8 Å². The van der Waals surface area contributed by atoms with Crippen LogP contribution in [0.1, 0.15) is 34.1 Å². The number of aromatic hydroxyl groups is 6. The smallest absolute Gasteiger partial charge is 0.127 e. The van der Waals surface area contributed by atoms with Gasteiger partial charge in [-0.1, -0.05) is 18.2 Å². The Morgan fingerprint density at radius 2 is 1.15 bits per heavy atom. The van der Waals surface area contributed by atoms with Crippen LogP contribution in [0.2, 0.25) is 0 Å². The highest BCUT2D eigenvalue weighted by molar-refractivity contribution is 6.15. The molecular formula is C28H20O6. The summed E-state index contributed by atoms with van der Waals surface area (Å²) in [5.41, 5.74) is 2.82. The normalized spacial score (nSPS) is 16.9. The minimum Gasteiger partial charge on any atom is -0.508 e. The maximum atomic E-state index is 11.1. The molecule has 1 unspecified atom stereocenters. The molecule has 0 radical (unpaired) electrons. The van der Waals surface area contributed by atoms with Crippen LogP contribution in [-0.2, 0) is 0 Å². The predicted molar refractivity (Wildman–Crippen MR) is 128 cm³/mol. The van der Waals surface area contributed by atoms with Gasteiger partial charge >= 0.3 is 0 Å². The summed E-state index contributed by atoms with van der Waals surface area (Å²) >= 11 is 0. The van der Waals surface area contributed by atoms with Gasteiger partial charge in [0.2, 0.25) is 0 Å². The highest BCUT2D eigenvalue weighted by Gasteiger charge is 2.40. The summed E-state index contributed by atoms with van der Waals surface area (Å²) in [6, 6.07) is 19.3. The van der Waals surface area contributed by atoms with Crippen molar-refractivity contribution >= 4 is 21.5 Å². The molecule has 6 nitrogen and oxygen atoms in total. The molecule has 0 saturated carbocycles. The Balaban J connectivity index is 1.78. The summed E-state index contributed by atoms with van der Waals surface area (Å²) in [4.78, 5) is 0. The van der Waals surface area contributed by atoms with Crippen molar-refractivity contribution in [3.8, 4) is 34.5 Å². The number of phenolic OH excluding ortho intramolecular Hbond substituents is 6. The number of hydrogen-bond acceptors (Lipinski definition) is 6.